The van der Waals surface area contributed by atoms with Crippen LogP contribution in [0.5, 0.6) is 0 Å². The van der Waals surface area contributed by atoms with Crippen molar-refractivity contribution in [3.63, 3.8) is 0 Å². The molecule has 2 atom stereocenters. The molecular weight excluding hydrogens is 421 g/mol. The zero-order valence-electron chi connectivity index (χ0n) is 17.5. The lowest BCUT2D eigenvalue weighted by atomic mass is 10.0. The second kappa shape index (κ2) is 8.71. The van der Waals surface area contributed by atoms with Gasteiger partial charge in [-0.15, -0.1) is 0 Å². The Morgan fingerprint density at radius 2 is 1.94 bits per heavy atom. The lowest BCUT2D eigenvalue weighted by Gasteiger charge is -2.24. The monoisotopic (exact) mass is 445 g/mol. The van der Waals surface area contributed by atoms with E-state index in [0.29, 0.717) is 18.8 Å². The van der Waals surface area contributed by atoms with Gasteiger partial charge in [-0.05, 0) is 18.6 Å². The van der Waals surface area contributed by atoms with Crippen LogP contribution in [0.15, 0.2) is 42.4 Å². The van der Waals surface area contributed by atoms with Crippen LogP contribution in [-0.2, 0) is 23.9 Å². The Kier molecular flexibility index (Phi) is 5.98. The number of hydrogen-bond acceptors (Lipinski definition) is 6. The Morgan fingerprint density at radius 3 is 2.56 bits per heavy atom. The van der Waals surface area contributed by atoms with Gasteiger partial charge >= 0.3 is 5.97 Å². The fraction of sp³-hybridized carbons (Fsp3) is 0.409. The van der Waals surface area contributed by atoms with Gasteiger partial charge in [0.1, 0.15) is 11.9 Å². The summed E-state index contributed by atoms with van der Waals surface area (Å²) in [4.78, 5) is 37.8. The van der Waals surface area contributed by atoms with E-state index in [1.165, 1.54) is 6.08 Å². The molecule has 0 bridgehead atoms. The van der Waals surface area contributed by atoms with Crippen LogP contribution in [0.4, 0.5) is 4.39 Å². The van der Waals surface area contributed by atoms with Crippen LogP contribution in [0.25, 0.3) is 5.57 Å². The molecule has 2 fully saturated rings. The van der Waals surface area contributed by atoms with E-state index < -0.39 is 48.0 Å². The summed E-state index contributed by atoms with van der Waals surface area (Å²) in [7, 11) is 0. The molecule has 1 unspecified atom stereocenters. The highest BCUT2D eigenvalue weighted by molar-refractivity contribution is 5.92. The average molecular weight is 445 g/mol. The first-order chi connectivity index (χ1) is 15.3. The second-order valence-corrected chi connectivity index (χ2v) is 8.00. The highest BCUT2D eigenvalue weighted by Gasteiger charge is 2.52. The number of halogens is 1. The molecule has 1 aromatic carbocycles. The Labute approximate surface area is 183 Å². The summed E-state index contributed by atoms with van der Waals surface area (Å²) in [5, 5.41) is 14.6. The third kappa shape index (κ3) is 4.37. The predicted octanol–water partition coefficient (Wildman–Crippen LogP) is 0.706. The van der Waals surface area contributed by atoms with E-state index >= 15 is 0 Å². The predicted molar refractivity (Wildman–Crippen MR) is 111 cm³/mol. The number of carbonyl (C=O) groups excluding carboxylic acids is 2. The van der Waals surface area contributed by atoms with Crippen molar-refractivity contribution in [3.8, 4) is 0 Å². The number of likely N-dealkylation sites (tertiary alicyclic amines) is 1. The molecule has 2 amide bonds. The van der Waals surface area contributed by atoms with Crippen molar-refractivity contribution in [2.24, 2.45) is 0 Å². The number of carbonyl (C=O) groups is 3. The summed E-state index contributed by atoms with van der Waals surface area (Å²) < 4.78 is 25.6. The third-order valence-electron chi connectivity index (χ3n) is 5.75. The molecule has 3 aliphatic rings. The van der Waals surface area contributed by atoms with E-state index in [4.69, 9.17) is 9.47 Å². The number of rotatable bonds is 5. The zero-order chi connectivity index (χ0) is 22.9. The molecule has 1 spiro atoms. The third-order valence-corrected chi connectivity index (χ3v) is 5.75. The molecular formula is C22H24FN3O6. The van der Waals surface area contributed by atoms with Gasteiger partial charge in [0.25, 0.3) is 0 Å². The zero-order valence-corrected chi connectivity index (χ0v) is 17.5. The van der Waals surface area contributed by atoms with Crippen molar-refractivity contribution >= 4 is 23.4 Å². The summed E-state index contributed by atoms with van der Waals surface area (Å²) in [5.41, 5.74) is 2.46. The minimum absolute atomic E-state index is 0.0101. The fourth-order valence-corrected chi connectivity index (χ4v) is 4.03. The van der Waals surface area contributed by atoms with Gasteiger partial charge in [-0.1, -0.05) is 29.8 Å². The van der Waals surface area contributed by atoms with E-state index in [0.717, 1.165) is 16.0 Å². The number of allylic oxidation sites excluding steroid dienone is 2. The number of dihydropyridines is 1. The first-order valence-corrected chi connectivity index (χ1v) is 10.3. The number of carboxylic acids is 1. The van der Waals surface area contributed by atoms with Crippen molar-refractivity contribution < 1.29 is 33.4 Å². The number of amides is 2. The number of nitrogens with zero attached hydrogens (tertiary/aromatic N) is 1. The largest absolute Gasteiger partial charge is 0.480 e. The first-order valence-electron chi connectivity index (χ1n) is 10.3. The molecule has 0 aliphatic carbocycles. The van der Waals surface area contributed by atoms with Crippen molar-refractivity contribution in [2.45, 2.75) is 31.2 Å². The SMILES string of the molecule is Cc1ccc(C2=CNC(C(=O)NCC(=O)N3CC4(C[C@H]3C(=O)O)OCCO4)C(F)=C2)cc1. The molecule has 2 saturated heterocycles. The standard InChI is InChI=1S/C22H24FN3O6/c1-13-2-4-14(5-3-13)15-8-16(23)19(24-10-15)20(28)25-11-18(27)26-12-22(31-6-7-32-22)9-17(26)21(29)30/h2-5,8,10,17,19,24H,6-7,9,11-12H2,1H3,(H,25,28)(H,29,30)/t17-,19?/m0/s1. The van der Waals surface area contributed by atoms with Gasteiger partial charge < -0.3 is 30.1 Å². The molecule has 0 saturated carbocycles. The van der Waals surface area contributed by atoms with E-state index in [1.807, 2.05) is 31.2 Å². The second-order valence-electron chi connectivity index (χ2n) is 8.00. The van der Waals surface area contributed by atoms with Crippen LogP contribution in [0, 0.1) is 6.92 Å². The van der Waals surface area contributed by atoms with E-state index in [1.54, 1.807) is 6.20 Å². The summed E-state index contributed by atoms with van der Waals surface area (Å²) >= 11 is 0. The van der Waals surface area contributed by atoms with Crippen molar-refractivity contribution in [2.75, 3.05) is 26.3 Å². The molecule has 32 heavy (non-hydrogen) atoms. The molecule has 10 heteroatoms. The van der Waals surface area contributed by atoms with E-state index in [-0.39, 0.29) is 13.0 Å². The van der Waals surface area contributed by atoms with Gasteiger partial charge in [0.05, 0.1) is 26.3 Å². The normalized spacial score (nSPS) is 24.0. The molecule has 9 nitrogen and oxygen atoms in total. The van der Waals surface area contributed by atoms with Crippen LogP contribution < -0.4 is 10.6 Å². The summed E-state index contributed by atoms with van der Waals surface area (Å²) in [6.07, 6.45) is 2.82. The van der Waals surface area contributed by atoms with Gasteiger partial charge in [0, 0.05) is 18.2 Å². The lowest BCUT2D eigenvalue weighted by molar-refractivity contribution is -0.152. The average Bonchev–Trinajstić information content (AvgIpc) is 3.39. The number of aliphatic carboxylic acids is 1. The molecule has 1 aromatic rings. The van der Waals surface area contributed by atoms with Gasteiger partial charge in [-0.25, -0.2) is 9.18 Å². The first kappa shape index (κ1) is 22.0. The highest BCUT2D eigenvalue weighted by Crippen LogP contribution is 2.34. The Balaban J connectivity index is 1.35. The van der Waals surface area contributed by atoms with Crippen LogP contribution in [0.1, 0.15) is 17.5 Å². The summed E-state index contributed by atoms with van der Waals surface area (Å²) in [6, 6.07) is 5.11. The number of benzene rings is 1. The summed E-state index contributed by atoms with van der Waals surface area (Å²) in [6.45, 7) is 2.07. The van der Waals surface area contributed by atoms with Crippen LogP contribution in [0.3, 0.4) is 0 Å². The Morgan fingerprint density at radius 1 is 1.25 bits per heavy atom. The maximum atomic E-state index is 14.6. The van der Waals surface area contributed by atoms with Crippen molar-refractivity contribution in [1.82, 2.24) is 15.5 Å². The molecule has 4 rings (SSSR count). The number of carboxylic acid groups (broad SMARTS) is 1. The van der Waals surface area contributed by atoms with E-state index in [2.05, 4.69) is 10.6 Å². The highest BCUT2D eigenvalue weighted by atomic mass is 19.1. The topological polar surface area (TPSA) is 117 Å². The minimum Gasteiger partial charge on any atom is -0.480 e. The van der Waals surface area contributed by atoms with Crippen LogP contribution >= 0.6 is 0 Å². The maximum absolute atomic E-state index is 14.6. The minimum atomic E-state index is -1.28. The number of aryl methyl sites for hydroxylation is 1. The summed E-state index contributed by atoms with van der Waals surface area (Å²) in [5.74, 6) is -4.35. The van der Waals surface area contributed by atoms with Crippen LogP contribution in [-0.4, -0.2) is 72.0 Å². The van der Waals surface area contributed by atoms with Crippen LogP contribution in [0.2, 0.25) is 0 Å². The van der Waals surface area contributed by atoms with Gasteiger partial charge in [0.2, 0.25) is 11.8 Å². The molecule has 3 aliphatic heterocycles. The van der Waals surface area contributed by atoms with Crippen molar-refractivity contribution in [1.29, 1.82) is 0 Å². The Bertz CT molecular complexity index is 984. The van der Waals surface area contributed by atoms with Gasteiger partial charge in [0.15, 0.2) is 11.8 Å². The number of hydrogen-bond donors (Lipinski definition) is 3. The van der Waals surface area contributed by atoms with E-state index in [9.17, 15) is 23.9 Å². The fourth-order valence-electron chi connectivity index (χ4n) is 4.03. The molecule has 3 heterocycles. The molecule has 0 radical (unpaired) electrons. The number of nitrogens with one attached hydrogen (secondary N) is 2. The Hall–Kier alpha value is -3.24. The van der Waals surface area contributed by atoms with Gasteiger partial charge in [-0.3, -0.25) is 9.59 Å². The quantitative estimate of drug-likeness (QED) is 0.611. The molecule has 170 valence electrons. The number of ether oxygens (including phenoxy) is 2. The smallest absolute Gasteiger partial charge is 0.326 e. The molecule has 3 N–H and O–H groups in total. The van der Waals surface area contributed by atoms with Gasteiger partial charge in [-0.2, -0.15) is 0 Å². The lowest BCUT2D eigenvalue weighted by Crippen LogP contribution is -2.50. The maximum Gasteiger partial charge on any atom is 0.326 e. The van der Waals surface area contributed by atoms with Crippen molar-refractivity contribution in [3.05, 3.63) is 53.5 Å². The molecule has 0 aromatic heterocycles.